The number of nitrogens with zero attached hydrogens (tertiary/aromatic N) is 5. The van der Waals surface area contributed by atoms with Crippen LogP contribution in [0.15, 0.2) is 54.7 Å². The highest BCUT2D eigenvalue weighted by molar-refractivity contribution is 5.82. The standard InChI is InChI=1S/C35H43N5O5/c1-22-4-9-29(32(16-22)38-14-11-25(12-15-38)35(43)44)26-17-27(21-45-3)40(18-26)34(42)31-20-39(33-10-13-36-23(2)37-33)19-30(31)24-5-7-28(41)8-6-24/h4-10,13,16,25-27,30-31,41H,11-12,14-15,17-21H2,1-3H3,(H,43,44)/t26?,27-,30-,31?/m0/s1. The van der Waals surface area contributed by atoms with Crippen molar-refractivity contribution in [1.29, 1.82) is 0 Å². The Bertz CT molecular complexity index is 1520. The van der Waals surface area contributed by atoms with E-state index in [0.29, 0.717) is 58.0 Å². The molecule has 0 saturated carbocycles. The van der Waals surface area contributed by atoms with Crippen LogP contribution in [-0.4, -0.2) is 89.4 Å². The Kier molecular flexibility index (Phi) is 8.94. The highest BCUT2D eigenvalue weighted by Gasteiger charge is 2.45. The van der Waals surface area contributed by atoms with E-state index < -0.39 is 5.97 Å². The number of hydrogen-bond acceptors (Lipinski definition) is 8. The van der Waals surface area contributed by atoms with Crippen molar-refractivity contribution in [3.63, 3.8) is 0 Å². The number of likely N-dealkylation sites (tertiary alicyclic amines) is 1. The number of anilines is 2. The largest absolute Gasteiger partial charge is 0.508 e. The molecule has 10 nitrogen and oxygen atoms in total. The van der Waals surface area contributed by atoms with Crippen molar-refractivity contribution in [2.24, 2.45) is 11.8 Å². The number of carboxylic acids is 1. The van der Waals surface area contributed by atoms with E-state index in [1.165, 1.54) is 5.56 Å². The van der Waals surface area contributed by atoms with Gasteiger partial charge in [0.2, 0.25) is 5.91 Å². The number of aromatic nitrogens is 2. The fraction of sp³-hybridized carbons (Fsp3) is 0.486. The number of methoxy groups -OCH3 is 1. The third kappa shape index (κ3) is 6.47. The van der Waals surface area contributed by atoms with Crippen LogP contribution in [0.2, 0.25) is 0 Å². The molecule has 3 aliphatic heterocycles. The average Bonchev–Trinajstić information content (AvgIpc) is 3.67. The molecule has 3 saturated heterocycles. The van der Waals surface area contributed by atoms with Gasteiger partial charge in [0.1, 0.15) is 17.4 Å². The number of aromatic hydroxyl groups is 1. The lowest BCUT2D eigenvalue weighted by atomic mass is 9.87. The van der Waals surface area contributed by atoms with Gasteiger partial charge in [-0.05, 0) is 74.1 Å². The number of phenolic OH excluding ortho intramolecular Hbond substituents is 1. The van der Waals surface area contributed by atoms with Crippen LogP contribution in [0.4, 0.5) is 11.5 Å². The Morgan fingerprint density at radius 2 is 1.73 bits per heavy atom. The summed E-state index contributed by atoms with van der Waals surface area (Å²) in [6.45, 7) is 7.60. The molecular formula is C35H43N5O5. The molecule has 2 unspecified atom stereocenters. The lowest BCUT2D eigenvalue weighted by Crippen LogP contribution is -2.43. The van der Waals surface area contributed by atoms with Gasteiger partial charge in [0.15, 0.2) is 0 Å². The van der Waals surface area contributed by atoms with E-state index in [4.69, 9.17) is 4.74 Å². The molecular weight excluding hydrogens is 570 g/mol. The molecule has 238 valence electrons. The molecule has 0 bridgehead atoms. The molecule has 4 heterocycles. The number of aryl methyl sites for hydroxylation is 2. The monoisotopic (exact) mass is 613 g/mol. The zero-order valence-corrected chi connectivity index (χ0v) is 26.3. The molecule has 3 aliphatic rings. The number of phenols is 1. The minimum absolute atomic E-state index is 0.0600. The van der Waals surface area contributed by atoms with Crippen LogP contribution in [-0.2, 0) is 14.3 Å². The lowest BCUT2D eigenvalue weighted by molar-refractivity contribution is -0.142. The minimum Gasteiger partial charge on any atom is -0.508 e. The minimum atomic E-state index is -0.711. The number of piperidine rings is 1. The number of carbonyl (C=O) groups is 2. The first-order chi connectivity index (χ1) is 21.7. The molecule has 3 aromatic rings. The van der Waals surface area contributed by atoms with Gasteiger partial charge in [-0.1, -0.05) is 24.3 Å². The van der Waals surface area contributed by atoms with Gasteiger partial charge < -0.3 is 29.6 Å². The molecule has 2 aromatic carbocycles. The van der Waals surface area contributed by atoms with Crippen LogP contribution in [0.5, 0.6) is 5.75 Å². The molecule has 4 atom stereocenters. The second kappa shape index (κ2) is 13.0. The summed E-state index contributed by atoms with van der Waals surface area (Å²) in [6.07, 6.45) is 3.82. The van der Waals surface area contributed by atoms with Gasteiger partial charge in [-0.2, -0.15) is 0 Å². The van der Waals surface area contributed by atoms with Gasteiger partial charge in [-0.15, -0.1) is 0 Å². The van der Waals surface area contributed by atoms with Gasteiger partial charge in [0, 0.05) is 63.6 Å². The number of benzene rings is 2. The quantitative estimate of drug-likeness (QED) is 0.382. The molecule has 6 rings (SSSR count). The van der Waals surface area contributed by atoms with E-state index in [2.05, 4.69) is 44.9 Å². The van der Waals surface area contributed by atoms with Crippen molar-refractivity contribution in [3.8, 4) is 5.75 Å². The van der Waals surface area contributed by atoms with Crippen LogP contribution >= 0.6 is 0 Å². The van der Waals surface area contributed by atoms with Crippen molar-refractivity contribution in [3.05, 3.63) is 77.2 Å². The second-order valence-corrected chi connectivity index (χ2v) is 12.9. The topological polar surface area (TPSA) is 119 Å². The Morgan fingerprint density at radius 3 is 2.42 bits per heavy atom. The first-order valence-corrected chi connectivity index (χ1v) is 15.9. The summed E-state index contributed by atoms with van der Waals surface area (Å²) in [5.41, 5.74) is 4.55. The van der Waals surface area contributed by atoms with Crippen LogP contribution in [0, 0.1) is 25.7 Å². The second-order valence-electron chi connectivity index (χ2n) is 12.9. The van der Waals surface area contributed by atoms with E-state index in [1.54, 1.807) is 25.4 Å². The number of carbonyl (C=O) groups excluding carboxylic acids is 1. The maximum atomic E-state index is 14.6. The SMILES string of the molecule is COC[C@@H]1CC(c2ccc(C)cc2N2CCC(C(=O)O)CC2)CN1C(=O)C1CN(c2ccnc(C)n2)C[C@H]1c1ccc(O)cc1. The summed E-state index contributed by atoms with van der Waals surface area (Å²) in [6, 6.07) is 15.6. The molecule has 0 aliphatic carbocycles. The highest BCUT2D eigenvalue weighted by Crippen LogP contribution is 2.42. The van der Waals surface area contributed by atoms with Gasteiger partial charge in [0.25, 0.3) is 0 Å². The summed E-state index contributed by atoms with van der Waals surface area (Å²) in [7, 11) is 1.69. The molecule has 10 heteroatoms. The summed E-state index contributed by atoms with van der Waals surface area (Å²) < 4.78 is 5.67. The third-order valence-electron chi connectivity index (χ3n) is 9.91. The van der Waals surface area contributed by atoms with E-state index in [1.807, 2.05) is 30.0 Å². The summed E-state index contributed by atoms with van der Waals surface area (Å²) in [5, 5.41) is 19.5. The van der Waals surface area contributed by atoms with Crippen molar-refractivity contribution in [2.75, 3.05) is 56.2 Å². The smallest absolute Gasteiger partial charge is 0.306 e. The fourth-order valence-electron chi connectivity index (χ4n) is 7.54. The number of aliphatic carboxylic acids is 1. The Morgan fingerprint density at radius 1 is 0.978 bits per heavy atom. The first kappa shape index (κ1) is 30.8. The highest BCUT2D eigenvalue weighted by atomic mass is 16.5. The van der Waals surface area contributed by atoms with Crippen LogP contribution in [0.1, 0.15) is 53.6 Å². The van der Waals surface area contributed by atoms with Crippen LogP contribution < -0.4 is 9.80 Å². The van der Waals surface area contributed by atoms with Crippen LogP contribution in [0.25, 0.3) is 0 Å². The molecule has 45 heavy (non-hydrogen) atoms. The fourth-order valence-corrected chi connectivity index (χ4v) is 7.54. The molecule has 1 amide bonds. The maximum Gasteiger partial charge on any atom is 0.306 e. The van der Waals surface area contributed by atoms with Crippen molar-refractivity contribution >= 4 is 23.4 Å². The number of hydrogen-bond donors (Lipinski definition) is 2. The third-order valence-corrected chi connectivity index (χ3v) is 9.91. The first-order valence-electron chi connectivity index (χ1n) is 15.9. The predicted molar refractivity (Wildman–Crippen MR) is 172 cm³/mol. The van der Waals surface area contributed by atoms with Crippen LogP contribution in [0.3, 0.4) is 0 Å². The zero-order valence-electron chi connectivity index (χ0n) is 26.3. The molecule has 1 aromatic heterocycles. The van der Waals surface area contributed by atoms with Gasteiger partial charge in [-0.3, -0.25) is 9.59 Å². The molecule has 0 radical (unpaired) electrons. The molecule has 0 spiro atoms. The molecule has 3 fully saturated rings. The van der Waals surface area contributed by atoms with E-state index in [-0.39, 0.29) is 41.4 Å². The average molecular weight is 614 g/mol. The predicted octanol–water partition coefficient (Wildman–Crippen LogP) is 4.35. The Hall–Kier alpha value is -4.18. The summed E-state index contributed by atoms with van der Waals surface area (Å²) in [5.74, 6) is 0.578. The maximum absolute atomic E-state index is 14.6. The summed E-state index contributed by atoms with van der Waals surface area (Å²) >= 11 is 0. The lowest BCUT2D eigenvalue weighted by Gasteiger charge is -2.34. The summed E-state index contributed by atoms with van der Waals surface area (Å²) in [4.78, 5) is 41.7. The van der Waals surface area contributed by atoms with Gasteiger partial charge >= 0.3 is 5.97 Å². The number of ether oxygens (including phenoxy) is 1. The van der Waals surface area contributed by atoms with Gasteiger partial charge in [-0.25, -0.2) is 9.97 Å². The van der Waals surface area contributed by atoms with E-state index >= 15 is 0 Å². The normalized spacial score (nSPS) is 23.9. The number of amides is 1. The number of carboxylic acid groups (broad SMARTS) is 1. The Labute approximate surface area is 264 Å². The van der Waals surface area contributed by atoms with Crippen molar-refractivity contribution in [1.82, 2.24) is 14.9 Å². The zero-order chi connectivity index (χ0) is 31.7. The molecule has 2 N–H and O–H groups in total. The van der Waals surface area contributed by atoms with Crippen molar-refractivity contribution in [2.45, 2.75) is 51.0 Å². The van der Waals surface area contributed by atoms with Crippen molar-refractivity contribution < 1.29 is 24.5 Å². The Balaban J connectivity index is 1.28. The van der Waals surface area contributed by atoms with E-state index in [0.717, 1.165) is 29.1 Å². The van der Waals surface area contributed by atoms with Gasteiger partial charge in [0.05, 0.1) is 24.5 Å². The number of rotatable bonds is 8. The van der Waals surface area contributed by atoms with E-state index in [9.17, 15) is 19.8 Å².